The van der Waals surface area contributed by atoms with E-state index in [4.69, 9.17) is 4.74 Å². The highest BCUT2D eigenvalue weighted by atomic mass is 16.5. The van der Waals surface area contributed by atoms with Crippen LogP contribution in [0.15, 0.2) is 36.5 Å². The first-order valence-corrected chi connectivity index (χ1v) is 8.58. The molecule has 24 heavy (non-hydrogen) atoms. The van der Waals surface area contributed by atoms with Gasteiger partial charge >= 0.3 is 0 Å². The van der Waals surface area contributed by atoms with Gasteiger partial charge in [0.05, 0.1) is 31.7 Å². The molecule has 2 aromatic rings. The summed E-state index contributed by atoms with van der Waals surface area (Å²) in [6.45, 7) is 7.18. The van der Waals surface area contributed by atoms with E-state index in [2.05, 4.69) is 32.1 Å². The van der Waals surface area contributed by atoms with E-state index in [1.807, 2.05) is 24.4 Å². The largest absolute Gasteiger partial charge is 0.395 e. The lowest BCUT2D eigenvalue weighted by molar-refractivity contribution is 0.0320. The second kappa shape index (κ2) is 8.94. The van der Waals surface area contributed by atoms with Crippen LogP contribution in [0.5, 0.6) is 0 Å². The third kappa shape index (κ3) is 4.64. The highest BCUT2D eigenvalue weighted by Gasteiger charge is 2.15. The predicted octanol–water partition coefficient (Wildman–Crippen LogP) is 1.20. The lowest BCUT2D eigenvalue weighted by Crippen LogP contribution is -2.41. The Labute approximate surface area is 143 Å². The van der Waals surface area contributed by atoms with Gasteiger partial charge in [0, 0.05) is 44.8 Å². The van der Waals surface area contributed by atoms with Crippen LogP contribution in [0.4, 0.5) is 0 Å². The topological polar surface area (TPSA) is 64.6 Å². The summed E-state index contributed by atoms with van der Waals surface area (Å²) in [4.78, 5) is 4.70. The average molecular weight is 330 g/mol. The molecule has 1 aromatic carbocycles. The van der Waals surface area contributed by atoms with Crippen molar-refractivity contribution in [1.82, 2.24) is 20.0 Å². The Balaban J connectivity index is 1.62. The molecule has 1 saturated heterocycles. The zero-order valence-corrected chi connectivity index (χ0v) is 14.0. The van der Waals surface area contributed by atoms with Crippen LogP contribution in [-0.4, -0.2) is 77.6 Å². The SMILES string of the molecule is OCCN(CCN1CCOCC1)Cc1cn[nH]c1-c1ccccc1. The molecule has 3 rings (SSSR count). The fraction of sp³-hybridized carbons (Fsp3) is 0.500. The Morgan fingerprint density at radius 1 is 1.17 bits per heavy atom. The lowest BCUT2D eigenvalue weighted by atomic mass is 10.1. The molecule has 2 heterocycles. The van der Waals surface area contributed by atoms with Crippen molar-refractivity contribution in [2.75, 3.05) is 52.5 Å². The number of hydrogen-bond donors (Lipinski definition) is 2. The smallest absolute Gasteiger partial charge is 0.0695 e. The molecule has 0 radical (unpaired) electrons. The molecule has 0 saturated carbocycles. The standard InChI is InChI=1S/C18H26N4O2/c23-11-8-22(7-6-21-9-12-24-13-10-21)15-17-14-19-20-18(17)16-4-2-1-3-5-16/h1-5,14,23H,6-13,15H2,(H,19,20). The van der Waals surface area contributed by atoms with Crippen LogP contribution in [0.3, 0.4) is 0 Å². The van der Waals surface area contributed by atoms with Gasteiger partial charge in [-0.15, -0.1) is 0 Å². The molecule has 6 heteroatoms. The second-order valence-corrected chi connectivity index (χ2v) is 6.09. The lowest BCUT2D eigenvalue weighted by Gasteiger charge is -2.29. The summed E-state index contributed by atoms with van der Waals surface area (Å²) >= 11 is 0. The van der Waals surface area contributed by atoms with Gasteiger partial charge in [0.15, 0.2) is 0 Å². The minimum atomic E-state index is 0.168. The number of aliphatic hydroxyl groups is 1. The fourth-order valence-corrected chi connectivity index (χ4v) is 3.05. The number of aromatic nitrogens is 2. The van der Waals surface area contributed by atoms with E-state index in [1.54, 1.807) is 0 Å². The van der Waals surface area contributed by atoms with Crippen LogP contribution in [0.2, 0.25) is 0 Å². The van der Waals surface area contributed by atoms with Crippen molar-refractivity contribution >= 4 is 0 Å². The fourth-order valence-electron chi connectivity index (χ4n) is 3.05. The molecule has 1 aromatic heterocycles. The van der Waals surface area contributed by atoms with E-state index < -0.39 is 0 Å². The second-order valence-electron chi connectivity index (χ2n) is 6.09. The molecule has 0 bridgehead atoms. The Morgan fingerprint density at radius 2 is 1.96 bits per heavy atom. The molecule has 6 nitrogen and oxygen atoms in total. The van der Waals surface area contributed by atoms with E-state index in [1.165, 1.54) is 0 Å². The number of benzene rings is 1. The van der Waals surface area contributed by atoms with Gasteiger partial charge in [0.1, 0.15) is 0 Å². The summed E-state index contributed by atoms with van der Waals surface area (Å²) in [5.41, 5.74) is 3.36. The maximum absolute atomic E-state index is 9.39. The molecule has 130 valence electrons. The quantitative estimate of drug-likeness (QED) is 0.761. The maximum atomic E-state index is 9.39. The number of nitrogens with zero attached hydrogens (tertiary/aromatic N) is 3. The Bertz CT molecular complexity index is 596. The Hall–Kier alpha value is -1.73. The summed E-state index contributed by atoms with van der Waals surface area (Å²) in [7, 11) is 0. The van der Waals surface area contributed by atoms with Crippen LogP contribution in [-0.2, 0) is 11.3 Å². The van der Waals surface area contributed by atoms with Crippen LogP contribution < -0.4 is 0 Å². The van der Waals surface area contributed by atoms with E-state index in [0.717, 1.165) is 62.8 Å². The summed E-state index contributed by atoms with van der Waals surface area (Å²) < 4.78 is 5.40. The van der Waals surface area contributed by atoms with Crippen LogP contribution in [0.1, 0.15) is 5.56 Å². The first-order chi connectivity index (χ1) is 11.9. The zero-order valence-electron chi connectivity index (χ0n) is 14.0. The molecule has 2 N–H and O–H groups in total. The Kier molecular flexibility index (Phi) is 6.37. The van der Waals surface area contributed by atoms with Gasteiger partial charge in [0.2, 0.25) is 0 Å². The molecule has 0 spiro atoms. The molecule has 1 aliphatic heterocycles. The van der Waals surface area contributed by atoms with Gasteiger partial charge in [0.25, 0.3) is 0 Å². The van der Waals surface area contributed by atoms with Crippen molar-refractivity contribution in [2.24, 2.45) is 0 Å². The number of hydrogen-bond acceptors (Lipinski definition) is 5. The van der Waals surface area contributed by atoms with Gasteiger partial charge in [-0.1, -0.05) is 30.3 Å². The molecule has 0 amide bonds. The molecule has 0 unspecified atom stereocenters. The van der Waals surface area contributed by atoms with Crippen molar-refractivity contribution in [2.45, 2.75) is 6.54 Å². The molecule has 1 fully saturated rings. The number of ether oxygens (including phenoxy) is 1. The molecule has 0 atom stereocenters. The van der Waals surface area contributed by atoms with E-state index >= 15 is 0 Å². The molecule has 0 aliphatic carbocycles. The number of nitrogens with one attached hydrogen (secondary N) is 1. The highest BCUT2D eigenvalue weighted by Crippen LogP contribution is 2.21. The first-order valence-electron chi connectivity index (χ1n) is 8.58. The van der Waals surface area contributed by atoms with Gasteiger partial charge in [-0.2, -0.15) is 5.10 Å². The summed E-state index contributed by atoms with van der Waals surface area (Å²) in [5, 5.41) is 16.7. The number of aromatic amines is 1. The van der Waals surface area contributed by atoms with E-state index in [0.29, 0.717) is 6.54 Å². The van der Waals surface area contributed by atoms with Crippen molar-refractivity contribution in [1.29, 1.82) is 0 Å². The minimum absolute atomic E-state index is 0.168. The number of morpholine rings is 1. The van der Waals surface area contributed by atoms with Crippen LogP contribution in [0.25, 0.3) is 11.3 Å². The van der Waals surface area contributed by atoms with E-state index in [-0.39, 0.29) is 6.61 Å². The predicted molar refractivity (Wildman–Crippen MR) is 93.6 cm³/mol. The molecular weight excluding hydrogens is 304 g/mol. The first kappa shape index (κ1) is 17.1. The van der Waals surface area contributed by atoms with Gasteiger partial charge in [-0.05, 0) is 5.56 Å². The maximum Gasteiger partial charge on any atom is 0.0695 e. The number of H-pyrrole nitrogens is 1. The van der Waals surface area contributed by atoms with Crippen LogP contribution >= 0.6 is 0 Å². The van der Waals surface area contributed by atoms with Gasteiger partial charge in [-0.25, -0.2) is 0 Å². The van der Waals surface area contributed by atoms with Gasteiger partial charge < -0.3 is 9.84 Å². The van der Waals surface area contributed by atoms with Crippen molar-refractivity contribution in [3.05, 3.63) is 42.1 Å². The molecule has 1 aliphatic rings. The van der Waals surface area contributed by atoms with Crippen molar-refractivity contribution in [3.63, 3.8) is 0 Å². The summed E-state index contributed by atoms with van der Waals surface area (Å²) in [5.74, 6) is 0. The molecular formula is C18H26N4O2. The monoisotopic (exact) mass is 330 g/mol. The normalized spacial score (nSPS) is 15.9. The summed E-state index contributed by atoms with van der Waals surface area (Å²) in [6.07, 6.45) is 1.89. The highest BCUT2D eigenvalue weighted by molar-refractivity contribution is 5.62. The van der Waals surface area contributed by atoms with Gasteiger partial charge in [-0.3, -0.25) is 14.9 Å². The third-order valence-corrected chi connectivity index (χ3v) is 4.43. The van der Waals surface area contributed by atoms with Crippen LogP contribution in [0, 0.1) is 0 Å². The Morgan fingerprint density at radius 3 is 2.71 bits per heavy atom. The van der Waals surface area contributed by atoms with Crippen molar-refractivity contribution in [3.8, 4) is 11.3 Å². The van der Waals surface area contributed by atoms with E-state index in [9.17, 15) is 5.11 Å². The number of rotatable bonds is 8. The average Bonchev–Trinajstić information content (AvgIpc) is 3.10. The van der Waals surface area contributed by atoms with Crippen molar-refractivity contribution < 1.29 is 9.84 Å². The summed E-state index contributed by atoms with van der Waals surface area (Å²) in [6, 6.07) is 10.2. The minimum Gasteiger partial charge on any atom is -0.395 e. The number of aliphatic hydroxyl groups excluding tert-OH is 1. The third-order valence-electron chi connectivity index (χ3n) is 4.43. The zero-order chi connectivity index (χ0) is 16.6.